The van der Waals surface area contributed by atoms with Gasteiger partial charge in [-0.25, -0.2) is 4.39 Å². The van der Waals surface area contributed by atoms with Crippen LogP contribution in [0.15, 0.2) is 47.8 Å². The molecule has 0 aliphatic carbocycles. The summed E-state index contributed by atoms with van der Waals surface area (Å²) >= 11 is 0. The van der Waals surface area contributed by atoms with Crippen molar-refractivity contribution in [2.75, 3.05) is 11.4 Å². The number of anilines is 1. The van der Waals surface area contributed by atoms with Gasteiger partial charge in [0.25, 0.3) is 0 Å². The van der Waals surface area contributed by atoms with Crippen LogP contribution >= 0.6 is 0 Å². The van der Waals surface area contributed by atoms with Gasteiger partial charge in [-0.05, 0) is 37.3 Å². The monoisotopic (exact) mass is 288 g/mol. The van der Waals surface area contributed by atoms with Crippen molar-refractivity contribution in [1.29, 1.82) is 0 Å². The minimum absolute atomic E-state index is 0.0271. The van der Waals surface area contributed by atoms with Gasteiger partial charge in [-0.15, -0.1) is 0 Å². The summed E-state index contributed by atoms with van der Waals surface area (Å²) in [7, 11) is 0. The van der Waals surface area contributed by atoms with E-state index >= 15 is 0 Å². The minimum atomic E-state index is -0.270. The lowest BCUT2D eigenvalue weighted by molar-refractivity contribution is 0.318. The number of halogens is 1. The second kappa shape index (κ2) is 6.69. The molecule has 0 aliphatic rings. The molecule has 5 nitrogen and oxygen atoms in total. The van der Waals surface area contributed by atoms with Gasteiger partial charge in [-0.3, -0.25) is 4.98 Å². The summed E-state index contributed by atoms with van der Waals surface area (Å²) in [6.07, 6.45) is 1.59. The Kier molecular flexibility index (Phi) is 4.71. The number of oxime groups is 1. The first-order valence-corrected chi connectivity index (χ1v) is 6.58. The summed E-state index contributed by atoms with van der Waals surface area (Å²) in [5.74, 6) is -0.297. The van der Waals surface area contributed by atoms with Gasteiger partial charge < -0.3 is 15.8 Å². The molecule has 2 rings (SSSR count). The molecule has 2 aromatic rings. The molecule has 0 saturated heterocycles. The number of benzene rings is 1. The van der Waals surface area contributed by atoms with Crippen LogP contribution in [0.3, 0.4) is 0 Å². The Balaban J connectivity index is 2.29. The zero-order valence-electron chi connectivity index (χ0n) is 11.7. The van der Waals surface area contributed by atoms with E-state index in [0.717, 1.165) is 17.8 Å². The van der Waals surface area contributed by atoms with Crippen molar-refractivity contribution in [3.05, 3.63) is 59.7 Å². The second-order valence-corrected chi connectivity index (χ2v) is 4.49. The van der Waals surface area contributed by atoms with E-state index in [1.807, 2.05) is 17.9 Å². The fraction of sp³-hybridized carbons (Fsp3) is 0.200. The van der Waals surface area contributed by atoms with E-state index in [1.165, 1.54) is 12.1 Å². The molecule has 0 bridgehead atoms. The first-order chi connectivity index (χ1) is 10.2. The predicted molar refractivity (Wildman–Crippen MR) is 79.9 cm³/mol. The first-order valence-electron chi connectivity index (χ1n) is 6.58. The smallest absolute Gasteiger partial charge is 0.189 e. The third-order valence-electron chi connectivity index (χ3n) is 3.18. The third kappa shape index (κ3) is 3.47. The van der Waals surface area contributed by atoms with Crippen LogP contribution in [0.2, 0.25) is 0 Å². The summed E-state index contributed by atoms with van der Waals surface area (Å²) in [5.41, 5.74) is 7.81. The zero-order chi connectivity index (χ0) is 15.2. The van der Waals surface area contributed by atoms with Crippen molar-refractivity contribution in [2.24, 2.45) is 10.9 Å². The molecule has 110 valence electrons. The van der Waals surface area contributed by atoms with E-state index in [1.54, 1.807) is 24.4 Å². The number of amidine groups is 1. The molecular formula is C15H17FN4O. The van der Waals surface area contributed by atoms with E-state index in [0.29, 0.717) is 12.2 Å². The number of nitrogens with two attached hydrogens (primary N) is 1. The summed E-state index contributed by atoms with van der Waals surface area (Å²) < 4.78 is 13.0. The van der Waals surface area contributed by atoms with E-state index in [4.69, 9.17) is 10.9 Å². The van der Waals surface area contributed by atoms with E-state index in [2.05, 4.69) is 10.1 Å². The Morgan fingerprint density at radius 1 is 1.33 bits per heavy atom. The SMILES string of the molecule is CCN(Cc1cccnc1C(N)=NO)c1ccc(F)cc1. The van der Waals surface area contributed by atoms with Crippen molar-refractivity contribution in [1.82, 2.24) is 4.98 Å². The molecule has 6 heteroatoms. The summed E-state index contributed by atoms with van der Waals surface area (Å²) in [4.78, 5) is 6.19. The number of rotatable bonds is 5. The highest BCUT2D eigenvalue weighted by atomic mass is 19.1. The maximum atomic E-state index is 13.0. The largest absolute Gasteiger partial charge is 0.409 e. The molecule has 0 spiro atoms. The molecule has 1 aromatic carbocycles. The van der Waals surface area contributed by atoms with Gasteiger partial charge in [-0.2, -0.15) is 0 Å². The van der Waals surface area contributed by atoms with Gasteiger partial charge in [0.2, 0.25) is 0 Å². The Labute approximate surface area is 122 Å². The molecule has 0 saturated carbocycles. The van der Waals surface area contributed by atoms with Crippen LogP contribution in [0.4, 0.5) is 10.1 Å². The molecular weight excluding hydrogens is 271 g/mol. The van der Waals surface area contributed by atoms with Crippen molar-refractivity contribution in [3.63, 3.8) is 0 Å². The number of aromatic nitrogens is 1. The van der Waals surface area contributed by atoms with Crippen LogP contribution in [0, 0.1) is 5.82 Å². The molecule has 21 heavy (non-hydrogen) atoms. The summed E-state index contributed by atoms with van der Waals surface area (Å²) in [6.45, 7) is 3.26. The van der Waals surface area contributed by atoms with Gasteiger partial charge in [0, 0.05) is 30.5 Å². The zero-order valence-corrected chi connectivity index (χ0v) is 11.7. The van der Waals surface area contributed by atoms with Crippen molar-refractivity contribution < 1.29 is 9.60 Å². The van der Waals surface area contributed by atoms with Crippen LogP contribution in [0.1, 0.15) is 18.2 Å². The lowest BCUT2D eigenvalue weighted by Crippen LogP contribution is -2.25. The van der Waals surface area contributed by atoms with Crippen LogP contribution in [0.25, 0.3) is 0 Å². The Morgan fingerprint density at radius 3 is 2.67 bits per heavy atom. The van der Waals surface area contributed by atoms with Crippen LogP contribution in [-0.4, -0.2) is 22.6 Å². The molecule has 0 unspecified atom stereocenters. The van der Waals surface area contributed by atoms with Crippen LogP contribution in [0.5, 0.6) is 0 Å². The Morgan fingerprint density at radius 2 is 2.05 bits per heavy atom. The minimum Gasteiger partial charge on any atom is -0.409 e. The number of pyridine rings is 1. The predicted octanol–water partition coefficient (Wildman–Crippen LogP) is 2.34. The maximum absolute atomic E-state index is 13.0. The number of hydrogen-bond donors (Lipinski definition) is 2. The normalized spacial score (nSPS) is 11.4. The standard InChI is InChI=1S/C15H17FN4O/c1-2-20(13-7-5-12(16)6-8-13)10-11-4-3-9-18-14(11)15(17)19-21/h3-9,21H,2,10H2,1H3,(H2,17,19). The Bertz CT molecular complexity index is 628. The molecule has 1 aromatic heterocycles. The van der Waals surface area contributed by atoms with Gasteiger partial charge in [0.05, 0.1) is 0 Å². The lowest BCUT2D eigenvalue weighted by Gasteiger charge is -2.24. The van der Waals surface area contributed by atoms with Gasteiger partial charge in [0.1, 0.15) is 11.5 Å². The first kappa shape index (κ1) is 14.8. The van der Waals surface area contributed by atoms with Crippen LogP contribution < -0.4 is 10.6 Å². The molecule has 3 N–H and O–H groups in total. The van der Waals surface area contributed by atoms with Crippen LogP contribution in [-0.2, 0) is 6.54 Å². The maximum Gasteiger partial charge on any atom is 0.189 e. The highest BCUT2D eigenvalue weighted by Crippen LogP contribution is 2.18. The van der Waals surface area contributed by atoms with Gasteiger partial charge in [-0.1, -0.05) is 11.2 Å². The van der Waals surface area contributed by atoms with E-state index < -0.39 is 0 Å². The molecule has 0 aliphatic heterocycles. The fourth-order valence-corrected chi connectivity index (χ4v) is 2.09. The summed E-state index contributed by atoms with van der Waals surface area (Å²) in [5, 5.41) is 11.8. The highest BCUT2D eigenvalue weighted by molar-refractivity contribution is 5.96. The molecule has 0 radical (unpaired) electrons. The molecule has 0 atom stereocenters. The van der Waals surface area contributed by atoms with Crippen molar-refractivity contribution in [2.45, 2.75) is 13.5 Å². The third-order valence-corrected chi connectivity index (χ3v) is 3.18. The quantitative estimate of drug-likeness (QED) is 0.383. The molecule has 0 amide bonds. The topological polar surface area (TPSA) is 74.7 Å². The lowest BCUT2D eigenvalue weighted by atomic mass is 10.1. The molecule has 0 fully saturated rings. The number of hydrogen-bond acceptors (Lipinski definition) is 4. The van der Waals surface area contributed by atoms with Gasteiger partial charge in [0.15, 0.2) is 5.84 Å². The summed E-state index contributed by atoms with van der Waals surface area (Å²) in [6, 6.07) is 9.95. The van der Waals surface area contributed by atoms with E-state index in [-0.39, 0.29) is 11.7 Å². The second-order valence-electron chi connectivity index (χ2n) is 4.49. The average Bonchev–Trinajstić information content (AvgIpc) is 2.53. The van der Waals surface area contributed by atoms with Gasteiger partial charge >= 0.3 is 0 Å². The fourth-order valence-electron chi connectivity index (χ4n) is 2.09. The van der Waals surface area contributed by atoms with Crippen molar-refractivity contribution in [3.8, 4) is 0 Å². The Hall–Kier alpha value is -2.63. The highest BCUT2D eigenvalue weighted by Gasteiger charge is 2.12. The average molecular weight is 288 g/mol. The van der Waals surface area contributed by atoms with Crippen molar-refractivity contribution >= 4 is 11.5 Å². The molecule has 1 heterocycles. The van der Waals surface area contributed by atoms with E-state index in [9.17, 15) is 4.39 Å². The number of nitrogens with zero attached hydrogens (tertiary/aromatic N) is 3.